The van der Waals surface area contributed by atoms with Crippen LogP contribution in [0.3, 0.4) is 0 Å². The van der Waals surface area contributed by atoms with Crippen molar-refractivity contribution in [3.05, 3.63) is 34.9 Å². The number of imide groups is 1. The van der Waals surface area contributed by atoms with E-state index in [2.05, 4.69) is 5.32 Å². The number of rotatable bonds is 4. The van der Waals surface area contributed by atoms with Gasteiger partial charge < -0.3 is 10.2 Å². The first-order valence-electron chi connectivity index (χ1n) is 8.96. The molecule has 6 nitrogen and oxygen atoms in total. The van der Waals surface area contributed by atoms with E-state index in [9.17, 15) is 14.4 Å². The molecule has 4 amide bonds. The number of nitrogens with zero attached hydrogens (tertiary/aromatic N) is 2. The van der Waals surface area contributed by atoms with Gasteiger partial charge in [0.2, 0.25) is 5.91 Å². The number of hydrogen-bond acceptors (Lipinski definition) is 3. The molecule has 1 saturated heterocycles. The Morgan fingerprint density at radius 1 is 1.38 bits per heavy atom. The van der Waals surface area contributed by atoms with Crippen molar-refractivity contribution in [1.82, 2.24) is 15.1 Å². The van der Waals surface area contributed by atoms with E-state index in [1.807, 2.05) is 19.1 Å². The SMILES string of the molecule is C[C@H]1CCCC[C@]12NC(=O)N(CC(=O)N(C)Cc1cccc(Cl)c1)C2=O. The molecular weight excluding hydrogens is 354 g/mol. The van der Waals surface area contributed by atoms with E-state index >= 15 is 0 Å². The normalized spacial score (nSPS) is 25.5. The molecule has 3 rings (SSSR count). The van der Waals surface area contributed by atoms with Crippen LogP contribution in [-0.2, 0) is 16.1 Å². The topological polar surface area (TPSA) is 69.7 Å². The zero-order valence-electron chi connectivity index (χ0n) is 15.1. The van der Waals surface area contributed by atoms with Crippen LogP contribution >= 0.6 is 11.6 Å². The van der Waals surface area contributed by atoms with Crippen LogP contribution in [0.2, 0.25) is 5.02 Å². The minimum Gasteiger partial charge on any atom is -0.340 e. The van der Waals surface area contributed by atoms with Crippen molar-refractivity contribution in [2.45, 2.75) is 44.7 Å². The number of hydrogen-bond donors (Lipinski definition) is 1. The molecular formula is C19H24ClN3O3. The lowest BCUT2D eigenvalue weighted by Gasteiger charge is -2.36. The van der Waals surface area contributed by atoms with Crippen LogP contribution < -0.4 is 5.32 Å². The van der Waals surface area contributed by atoms with Crippen LogP contribution in [0.1, 0.15) is 38.2 Å². The Morgan fingerprint density at radius 2 is 2.15 bits per heavy atom. The van der Waals surface area contributed by atoms with Crippen molar-refractivity contribution in [2.75, 3.05) is 13.6 Å². The number of urea groups is 1. The lowest BCUT2D eigenvalue weighted by molar-refractivity contribution is -0.140. The first kappa shape index (κ1) is 18.7. The molecule has 140 valence electrons. The Labute approximate surface area is 158 Å². The van der Waals surface area contributed by atoms with Gasteiger partial charge in [0.1, 0.15) is 12.1 Å². The van der Waals surface area contributed by atoms with Gasteiger partial charge in [-0.05, 0) is 36.5 Å². The van der Waals surface area contributed by atoms with Crippen molar-refractivity contribution in [3.63, 3.8) is 0 Å². The third kappa shape index (κ3) is 3.43. The fourth-order valence-corrected chi connectivity index (χ4v) is 4.11. The van der Waals surface area contributed by atoms with Gasteiger partial charge in [0, 0.05) is 18.6 Å². The van der Waals surface area contributed by atoms with E-state index < -0.39 is 11.6 Å². The van der Waals surface area contributed by atoms with Gasteiger partial charge in [-0.15, -0.1) is 0 Å². The van der Waals surface area contributed by atoms with E-state index in [0.717, 1.165) is 29.7 Å². The van der Waals surface area contributed by atoms with E-state index in [1.54, 1.807) is 19.2 Å². The number of likely N-dealkylation sites (N-methyl/N-ethyl adjacent to an activating group) is 1. The lowest BCUT2D eigenvalue weighted by atomic mass is 9.73. The summed E-state index contributed by atoms with van der Waals surface area (Å²) in [7, 11) is 1.65. The molecule has 1 spiro atoms. The molecule has 0 aromatic heterocycles. The van der Waals surface area contributed by atoms with Crippen LogP contribution in [0.5, 0.6) is 0 Å². The van der Waals surface area contributed by atoms with Crippen molar-refractivity contribution in [2.24, 2.45) is 5.92 Å². The second kappa shape index (κ2) is 7.27. The summed E-state index contributed by atoms with van der Waals surface area (Å²) >= 11 is 5.97. The van der Waals surface area contributed by atoms with Crippen LogP contribution in [0.15, 0.2) is 24.3 Å². The highest BCUT2D eigenvalue weighted by Crippen LogP contribution is 2.38. The van der Waals surface area contributed by atoms with Gasteiger partial charge in [0.25, 0.3) is 5.91 Å². The van der Waals surface area contributed by atoms with Crippen molar-refractivity contribution >= 4 is 29.4 Å². The van der Waals surface area contributed by atoms with E-state index in [0.29, 0.717) is 18.0 Å². The summed E-state index contributed by atoms with van der Waals surface area (Å²) < 4.78 is 0. The van der Waals surface area contributed by atoms with Crippen molar-refractivity contribution in [3.8, 4) is 0 Å². The maximum absolute atomic E-state index is 12.9. The molecule has 2 aliphatic rings. The average molecular weight is 378 g/mol. The quantitative estimate of drug-likeness (QED) is 0.820. The molecule has 26 heavy (non-hydrogen) atoms. The Bertz CT molecular complexity index is 738. The minimum absolute atomic E-state index is 0.0805. The highest BCUT2D eigenvalue weighted by Gasteiger charge is 2.55. The van der Waals surface area contributed by atoms with Crippen LogP contribution in [-0.4, -0.2) is 46.8 Å². The first-order valence-corrected chi connectivity index (χ1v) is 9.34. The second-order valence-corrected chi connectivity index (χ2v) is 7.76. The van der Waals surface area contributed by atoms with E-state index in [4.69, 9.17) is 11.6 Å². The van der Waals surface area contributed by atoms with Crippen LogP contribution in [0.4, 0.5) is 4.79 Å². The van der Waals surface area contributed by atoms with Gasteiger partial charge in [-0.3, -0.25) is 14.5 Å². The highest BCUT2D eigenvalue weighted by atomic mass is 35.5. The summed E-state index contributed by atoms with van der Waals surface area (Å²) in [4.78, 5) is 40.4. The molecule has 1 aromatic rings. The zero-order chi connectivity index (χ0) is 18.9. The Morgan fingerprint density at radius 3 is 2.85 bits per heavy atom. The third-order valence-corrected chi connectivity index (χ3v) is 5.76. The number of amides is 4. The molecule has 1 N–H and O–H groups in total. The standard InChI is InChI=1S/C19H24ClN3O3/c1-13-6-3-4-9-19(13)17(25)23(18(26)21-19)12-16(24)22(2)11-14-7-5-8-15(20)10-14/h5,7-8,10,13H,3-4,6,9,11-12H2,1-2H3,(H,21,26)/t13-,19-/m0/s1. The largest absolute Gasteiger partial charge is 0.340 e. The molecule has 1 aromatic carbocycles. The number of carbonyl (C=O) groups excluding carboxylic acids is 3. The Hall–Kier alpha value is -2.08. The summed E-state index contributed by atoms with van der Waals surface area (Å²) in [5.74, 6) is -0.467. The molecule has 0 bridgehead atoms. The molecule has 7 heteroatoms. The predicted molar refractivity (Wildman–Crippen MR) is 98.5 cm³/mol. The second-order valence-electron chi connectivity index (χ2n) is 7.32. The molecule has 1 aliphatic heterocycles. The van der Waals surface area contributed by atoms with Crippen molar-refractivity contribution in [1.29, 1.82) is 0 Å². The predicted octanol–water partition coefficient (Wildman–Crippen LogP) is 2.80. The molecule has 1 heterocycles. The smallest absolute Gasteiger partial charge is 0.325 e. The summed E-state index contributed by atoms with van der Waals surface area (Å²) in [5.41, 5.74) is 0.0594. The third-order valence-electron chi connectivity index (χ3n) is 5.53. The van der Waals surface area contributed by atoms with Gasteiger partial charge in [-0.2, -0.15) is 0 Å². The van der Waals surface area contributed by atoms with Gasteiger partial charge in [0.05, 0.1) is 0 Å². The Balaban J connectivity index is 1.67. The van der Waals surface area contributed by atoms with Crippen molar-refractivity contribution < 1.29 is 14.4 Å². The maximum atomic E-state index is 12.9. The lowest BCUT2D eigenvalue weighted by Crippen LogP contribution is -2.54. The van der Waals surface area contributed by atoms with Gasteiger partial charge in [0.15, 0.2) is 0 Å². The van der Waals surface area contributed by atoms with E-state index in [-0.39, 0.29) is 24.3 Å². The highest BCUT2D eigenvalue weighted by molar-refractivity contribution is 6.30. The summed E-state index contributed by atoms with van der Waals surface area (Å²) in [6, 6.07) is 6.79. The van der Waals surface area contributed by atoms with Gasteiger partial charge in [-0.25, -0.2) is 4.79 Å². The van der Waals surface area contributed by atoms with E-state index in [1.165, 1.54) is 4.90 Å². The van der Waals surface area contributed by atoms with Crippen LogP contribution in [0.25, 0.3) is 0 Å². The summed E-state index contributed by atoms with van der Waals surface area (Å²) in [6.45, 7) is 2.12. The molecule has 0 radical (unpaired) electrons. The molecule has 2 fully saturated rings. The monoisotopic (exact) mass is 377 g/mol. The molecule has 1 aliphatic carbocycles. The summed E-state index contributed by atoms with van der Waals surface area (Å²) in [6.07, 6.45) is 3.52. The number of benzene rings is 1. The minimum atomic E-state index is -0.832. The average Bonchev–Trinajstić information content (AvgIpc) is 2.82. The van der Waals surface area contributed by atoms with Gasteiger partial charge >= 0.3 is 6.03 Å². The maximum Gasteiger partial charge on any atom is 0.325 e. The van der Waals surface area contributed by atoms with Crippen LogP contribution in [0, 0.1) is 5.92 Å². The number of carbonyl (C=O) groups is 3. The van der Waals surface area contributed by atoms with Gasteiger partial charge in [-0.1, -0.05) is 43.5 Å². The first-order chi connectivity index (χ1) is 12.3. The fourth-order valence-electron chi connectivity index (χ4n) is 3.89. The zero-order valence-corrected chi connectivity index (χ0v) is 15.9. The molecule has 0 unspecified atom stereocenters. The molecule has 1 saturated carbocycles. The summed E-state index contributed by atoms with van der Waals surface area (Å²) in [5, 5.41) is 3.47. The molecule has 2 atom stereocenters. The number of nitrogens with one attached hydrogen (secondary N) is 1. The fraction of sp³-hybridized carbons (Fsp3) is 0.526. The number of halogens is 1. The Kier molecular flexibility index (Phi) is 5.23.